The summed E-state index contributed by atoms with van der Waals surface area (Å²) >= 11 is 7.43. The fourth-order valence-corrected chi connectivity index (χ4v) is 1.22. The van der Waals surface area contributed by atoms with Crippen LogP contribution in [0.25, 0.3) is 0 Å². The molecule has 0 aliphatic carbocycles. The van der Waals surface area contributed by atoms with Gasteiger partial charge >= 0.3 is 0 Å². The third-order valence-electron chi connectivity index (χ3n) is 0.816. The van der Waals surface area contributed by atoms with E-state index in [2.05, 4.69) is 27.7 Å². The molecule has 0 aromatic carbocycles. The number of rotatable bonds is 4. The fourth-order valence-electron chi connectivity index (χ4n) is 0.408. The molecule has 0 unspecified atom stereocenters. The van der Waals surface area contributed by atoms with E-state index in [0.717, 1.165) is 0 Å². The molecular formula is C12H32S4. The van der Waals surface area contributed by atoms with Crippen molar-refractivity contribution in [2.24, 2.45) is 0 Å². The normalized spacial score (nSPS) is 7.50. The second-order valence-corrected chi connectivity index (χ2v) is 7.14. The minimum atomic E-state index is 1.26. The van der Waals surface area contributed by atoms with Crippen molar-refractivity contribution in [2.45, 2.75) is 27.7 Å². The molecule has 0 aromatic heterocycles. The first-order chi connectivity index (χ1) is 7.66. The van der Waals surface area contributed by atoms with Gasteiger partial charge in [-0.3, -0.25) is 0 Å². The van der Waals surface area contributed by atoms with Crippen LogP contribution in [-0.4, -0.2) is 48.0 Å². The first-order valence-corrected chi connectivity index (χ1v) is 11.2. The molecule has 0 atom stereocenters. The Labute approximate surface area is 122 Å². The van der Waals surface area contributed by atoms with Crippen molar-refractivity contribution in [1.29, 1.82) is 0 Å². The first kappa shape index (κ1) is 26.1. The average Bonchev–Trinajstić information content (AvgIpc) is 2.23. The van der Waals surface area contributed by atoms with E-state index in [-0.39, 0.29) is 0 Å². The molecule has 0 heterocycles. The van der Waals surface area contributed by atoms with Gasteiger partial charge in [-0.25, -0.2) is 0 Å². The zero-order valence-electron chi connectivity index (χ0n) is 12.5. The topological polar surface area (TPSA) is 0 Å². The summed E-state index contributed by atoms with van der Waals surface area (Å²) in [6.07, 6.45) is 8.17. The maximum absolute atomic E-state index is 2.17. The van der Waals surface area contributed by atoms with Crippen molar-refractivity contribution in [3.8, 4) is 0 Å². The lowest BCUT2D eigenvalue weighted by Crippen LogP contribution is -1.64. The van der Waals surface area contributed by atoms with Crippen LogP contribution in [0, 0.1) is 0 Å². The zero-order chi connectivity index (χ0) is 13.7. The Bertz CT molecular complexity index is 49.0. The summed E-state index contributed by atoms with van der Waals surface area (Å²) in [5, 5.41) is 0. The summed E-state index contributed by atoms with van der Waals surface area (Å²) in [5.74, 6) is 5.04. The molecule has 4 heteroatoms. The summed E-state index contributed by atoms with van der Waals surface area (Å²) in [7, 11) is 0. The van der Waals surface area contributed by atoms with Crippen molar-refractivity contribution < 1.29 is 0 Å². The predicted octanol–water partition coefficient (Wildman–Crippen LogP) is 5.48. The Morgan fingerprint density at radius 3 is 0.625 bits per heavy atom. The molecule has 0 fully saturated rings. The maximum Gasteiger partial charge on any atom is -0.00961 e. The number of thioether (sulfide) groups is 4. The van der Waals surface area contributed by atoms with Crippen molar-refractivity contribution in [2.75, 3.05) is 48.0 Å². The molecule has 0 saturated carbocycles. The van der Waals surface area contributed by atoms with Crippen LogP contribution >= 0.6 is 47.0 Å². The smallest absolute Gasteiger partial charge is 0.00961 e. The van der Waals surface area contributed by atoms with Gasteiger partial charge in [-0.2, -0.15) is 47.0 Å². The van der Waals surface area contributed by atoms with E-state index in [1.807, 2.05) is 48.5 Å². The Morgan fingerprint density at radius 1 is 0.500 bits per heavy atom. The van der Waals surface area contributed by atoms with Crippen molar-refractivity contribution in [3.63, 3.8) is 0 Å². The highest BCUT2D eigenvalue weighted by atomic mass is 32.2. The van der Waals surface area contributed by atoms with E-state index in [4.69, 9.17) is 0 Å². The Kier molecular flexibility index (Phi) is 71.7. The minimum Gasteiger partial charge on any atom is -0.169 e. The van der Waals surface area contributed by atoms with Gasteiger partial charge in [-0.1, -0.05) is 27.7 Å². The maximum atomic E-state index is 2.17. The van der Waals surface area contributed by atoms with Crippen LogP contribution in [0.15, 0.2) is 0 Å². The number of hydrogen-bond donors (Lipinski definition) is 0. The highest BCUT2D eigenvalue weighted by Gasteiger charge is 1.67. The van der Waals surface area contributed by atoms with Gasteiger partial charge in [0.2, 0.25) is 0 Å². The van der Waals surface area contributed by atoms with Gasteiger partial charge in [0.15, 0.2) is 0 Å². The molecule has 0 nitrogen and oxygen atoms in total. The summed E-state index contributed by atoms with van der Waals surface area (Å²) < 4.78 is 0. The van der Waals surface area contributed by atoms with Crippen LogP contribution in [0.5, 0.6) is 0 Å². The molecule has 0 spiro atoms. The van der Waals surface area contributed by atoms with Crippen molar-refractivity contribution >= 4 is 47.0 Å². The molecule has 0 N–H and O–H groups in total. The lowest BCUT2D eigenvalue weighted by Gasteiger charge is -1.80. The van der Waals surface area contributed by atoms with E-state index in [1.165, 1.54) is 23.0 Å². The third-order valence-corrected chi connectivity index (χ3v) is 2.45. The summed E-state index contributed by atoms with van der Waals surface area (Å²) in [6, 6.07) is 0. The monoisotopic (exact) mass is 304 g/mol. The molecule has 0 rings (SSSR count). The fraction of sp³-hybridized carbons (Fsp3) is 1.00. The summed E-state index contributed by atoms with van der Waals surface area (Å²) in [5.41, 5.74) is 0. The minimum absolute atomic E-state index is 1.26. The molecule has 0 radical (unpaired) electrons. The zero-order valence-corrected chi connectivity index (χ0v) is 15.7. The van der Waals surface area contributed by atoms with E-state index >= 15 is 0 Å². The molecule has 0 saturated heterocycles. The summed E-state index contributed by atoms with van der Waals surface area (Å²) in [6.45, 7) is 8.70. The lowest BCUT2D eigenvalue weighted by atomic mass is 11.0. The molecule has 0 bridgehead atoms. The van der Waals surface area contributed by atoms with Gasteiger partial charge in [0.25, 0.3) is 0 Å². The first-order valence-electron chi connectivity index (χ1n) is 5.62. The van der Waals surface area contributed by atoms with Crippen molar-refractivity contribution in [3.05, 3.63) is 0 Å². The Morgan fingerprint density at radius 2 is 0.625 bits per heavy atom. The van der Waals surface area contributed by atoms with Crippen LogP contribution in [-0.2, 0) is 0 Å². The van der Waals surface area contributed by atoms with Gasteiger partial charge in [0.05, 0.1) is 0 Å². The van der Waals surface area contributed by atoms with E-state index in [0.29, 0.717) is 0 Å². The van der Waals surface area contributed by atoms with E-state index in [9.17, 15) is 0 Å². The molecule has 0 amide bonds. The van der Waals surface area contributed by atoms with E-state index < -0.39 is 0 Å². The highest BCUT2D eigenvalue weighted by Crippen LogP contribution is 1.93. The van der Waals surface area contributed by atoms with Crippen LogP contribution in [0.3, 0.4) is 0 Å². The van der Waals surface area contributed by atoms with Gasteiger partial charge in [-0.05, 0) is 48.0 Å². The van der Waals surface area contributed by atoms with Gasteiger partial charge in [0, 0.05) is 0 Å². The van der Waals surface area contributed by atoms with Gasteiger partial charge in [-0.15, -0.1) is 0 Å². The average molecular weight is 305 g/mol. The van der Waals surface area contributed by atoms with Crippen LogP contribution in [0.4, 0.5) is 0 Å². The number of hydrogen-bond acceptors (Lipinski definition) is 4. The van der Waals surface area contributed by atoms with Crippen LogP contribution < -0.4 is 0 Å². The third kappa shape index (κ3) is 110. The molecule has 0 aliphatic heterocycles. The Balaban J connectivity index is -0.0000000621. The van der Waals surface area contributed by atoms with Crippen molar-refractivity contribution in [1.82, 2.24) is 0 Å². The van der Waals surface area contributed by atoms with E-state index in [1.54, 1.807) is 23.5 Å². The summed E-state index contributed by atoms with van der Waals surface area (Å²) in [4.78, 5) is 0. The largest absolute Gasteiger partial charge is 0.169 e. The molecule has 0 aromatic rings. The quantitative estimate of drug-likeness (QED) is 0.674. The van der Waals surface area contributed by atoms with Gasteiger partial charge < -0.3 is 0 Å². The highest BCUT2D eigenvalue weighted by molar-refractivity contribution is 7.99. The SMILES string of the molecule is CCSCC.CCSCC.CSC.CSC. The lowest BCUT2D eigenvalue weighted by molar-refractivity contribution is 1.46. The molecule has 104 valence electrons. The van der Waals surface area contributed by atoms with Gasteiger partial charge in [0.1, 0.15) is 0 Å². The predicted molar refractivity (Wildman–Crippen MR) is 96.2 cm³/mol. The van der Waals surface area contributed by atoms with Crippen LogP contribution in [0.1, 0.15) is 27.7 Å². The molecular weight excluding hydrogens is 272 g/mol. The standard InChI is InChI=1S/2C4H10S.2C2H6S/c2*1-3-5-4-2;2*1-3-2/h2*3-4H2,1-2H3;2*1-2H3. The molecule has 16 heavy (non-hydrogen) atoms. The second kappa shape index (κ2) is 44.0. The molecule has 0 aliphatic rings. The van der Waals surface area contributed by atoms with Crippen LogP contribution in [0.2, 0.25) is 0 Å². The second-order valence-electron chi connectivity index (χ2n) is 2.38. The Hall–Kier alpha value is 1.40.